The second-order valence-electron chi connectivity index (χ2n) is 6.42. The Morgan fingerprint density at radius 3 is 2.56 bits per heavy atom. The number of anilines is 1. The van der Waals surface area contributed by atoms with E-state index in [4.69, 9.17) is 4.74 Å². The van der Waals surface area contributed by atoms with Crippen LogP contribution in [0.3, 0.4) is 0 Å². The van der Waals surface area contributed by atoms with Gasteiger partial charge in [-0.2, -0.15) is 0 Å². The van der Waals surface area contributed by atoms with Crippen LogP contribution in [0.15, 0.2) is 41.3 Å². The predicted molar refractivity (Wildman–Crippen MR) is 101 cm³/mol. The van der Waals surface area contributed by atoms with Crippen molar-refractivity contribution in [3.05, 3.63) is 36.4 Å². The number of hydrogen-bond acceptors (Lipinski definition) is 6. The molecule has 9 heteroatoms. The molecular formula is C18H21N3O5S. The number of cyclic esters (lactones) is 1. The zero-order valence-corrected chi connectivity index (χ0v) is 15.9. The van der Waals surface area contributed by atoms with Crippen molar-refractivity contribution in [1.29, 1.82) is 0 Å². The molecule has 8 nitrogen and oxygen atoms in total. The summed E-state index contributed by atoms with van der Waals surface area (Å²) in [5, 5.41) is 3.83. The number of fused-ring (bicyclic) bond motifs is 1. The fourth-order valence-corrected chi connectivity index (χ4v) is 4.20. The molecule has 27 heavy (non-hydrogen) atoms. The first-order valence-electron chi connectivity index (χ1n) is 8.44. The molecular weight excluding hydrogens is 370 g/mol. The van der Waals surface area contributed by atoms with Gasteiger partial charge in [-0.15, -0.1) is 0 Å². The highest BCUT2D eigenvalue weighted by molar-refractivity contribution is 7.89. The van der Waals surface area contributed by atoms with E-state index in [-0.39, 0.29) is 11.5 Å². The van der Waals surface area contributed by atoms with Crippen molar-refractivity contribution in [3.63, 3.8) is 0 Å². The number of rotatable bonds is 6. The van der Waals surface area contributed by atoms with Gasteiger partial charge in [0.2, 0.25) is 15.9 Å². The number of hydrogen-bond donors (Lipinski definition) is 2. The van der Waals surface area contributed by atoms with E-state index in [1.54, 1.807) is 18.2 Å². The lowest BCUT2D eigenvalue weighted by atomic mass is 10.1. The van der Waals surface area contributed by atoms with Gasteiger partial charge in [0.05, 0.1) is 18.0 Å². The van der Waals surface area contributed by atoms with Gasteiger partial charge < -0.3 is 15.0 Å². The van der Waals surface area contributed by atoms with Crippen LogP contribution in [0.4, 0.5) is 5.69 Å². The largest absolute Gasteiger partial charge is 0.464 e. The maximum absolute atomic E-state index is 12.7. The van der Waals surface area contributed by atoms with Crippen LogP contribution in [-0.2, 0) is 24.3 Å². The molecule has 1 aliphatic rings. The number of nitrogens with one attached hydrogen (secondary N) is 2. The van der Waals surface area contributed by atoms with Gasteiger partial charge >= 0.3 is 5.97 Å². The highest BCUT2D eigenvalue weighted by atomic mass is 32.2. The lowest BCUT2D eigenvalue weighted by Crippen LogP contribution is -2.43. The van der Waals surface area contributed by atoms with Crippen molar-refractivity contribution in [2.24, 2.45) is 0 Å². The lowest BCUT2D eigenvalue weighted by molar-refractivity contribution is -0.141. The Balaban J connectivity index is 1.80. The average molecular weight is 391 g/mol. The molecule has 1 atom stereocenters. The molecule has 1 saturated heterocycles. The number of nitrogens with zero attached hydrogens (tertiary/aromatic N) is 1. The summed E-state index contributed by atoms with van der Waals surface area (Å²) < 4.78 is 32.5. The smallest absolute Gasteiger partial charge is 0.328 e. The first-order chi connectivity index (χ1) is 12.8. The van der Waals surface area contributed by atoms with E-state index in [9.17, 15) is 18.0 Å². The van der Waals surface area contributed by atoms with Crippen molar-refractivity contribution in [3.8, 4) is 0 Å². The topological polar surface area (TPSA) is 105 Å². The fraction of sp³-hybridized carbons (Fsp3) is 0.333. The molecule has 2 aromatic rings. The third-order valence-electron chi connectivity index (χ3n) is 4.32. The van der Waals surface area contributed by atoms with Crippen LogP contribution >= 0.6 is 0 Å². The SMILES string of the molecule is CN(C)c1cccc2c(S(=O)(=O)NCC(=O)N[C@@H]3CCOC3=O)cccc12. The number of sulfonamides is 1. The number of carbonyl (C=O) groups excluding carboxylic acids is 2. The quantitative estimate of drug-likeness (QED) is 0.700. The van der Waals surface area contributed by atoms with Crippen molar-refractivity contribution in [2.75, 3.05) is 32.1 Å². The minimum atomic E-state index is -3.92. The van der Waals surface area contributed by atoms with Gasteiger partial charge in [-0.3, -0.25) is 4.79 Å². The fourth-order valence-electron chi connectivity index (χ4n) is 3.00. The molecule has 2 N–H and O–H groups in total. The number of ether oxygens (including phenoxy) is 1. The molecule has 144 valence electrons. The molecule has 0 spiro atoms. The molecule has 0 aliphatic carbocycles. The number of esters is 1. The van der Waals surface area contributed by atoms with Crippen molar-refractivity contribution < 1.29 is 22.7 Å². The van der Waals surface area contributed by atoms with Crippen molar-refractivity contribution in [1.82, 2.24) is 10.0 Å². The Bertz CT molecular complexity index is 988. The normalized spacial score (nSPS) is 17.0. The maximum atomic E-state index is 12.7. The van der Waals surface area contributed by atoms with Crippen LogP contribution in [0, 0.1) is 0 Å². The zero-order chi connectivity index (χ0) is 19.6. The van der Waals surface area contributed by atoms with Crippen LogP contribution in [0.1, 0.15) is 6.42 Å². The Morgan fingerprint density at radius 2 is 1.89 bits per heavy atom. The Hall–Kier alpha value is -2.65. The summed E-state index contributed by atoms with van der Waals surface area (Å²) in [5.41, 5.74) is 0.891. The molecule has 0 radical (unpaired) electrons. The van der Waals surface area contributed by atoms with Crippen LogP contribution in [0.2, 0.25) is 0 Å². The molecule has 2 aromatic carbocycles. The van der Waals surface area contributed by atoms with E-state index < -0.39 is 34.5 Å². The van der Waals surface area contributed by atoms with Crippen LogP contribution in [-0.4, -0.2) is 53.6 Å². The second-order valence-corrected chi connectivity index (χ2v) is 8.16. The minimum absolute atomic E-state index is 0.0942. The highest BCUT2D eigenvalue weighted by Crippen LogP contribution is 2.29. The standard InChI is InChI=1S/C18H21N3O5S/c1-21(2)15-7-3-6-13-12(15)5-4-8-16(13)27(24,25)19-11-17(22)20-14-9-10-26-18(14)23/h3-8,14,19H,9-11H2,1-2H3,(H,20,22)/t14-/m1/s1. The van der Waals surface area contributed by atoms with Gasteiger partial charge in [0.15, 0.2) is 0 Å². The molecule has 0 saturated carbocycles. The van der Waals surface area contributed by atoms with Crippen LogP contribution in [0.25, 0.3) is 10.8 Å². The van der Waals surface area contributed by atoms with Gasteiger partial charge in [-0.05, 0) is 12.1 Å². The van der Waals surface area contributed by atoms with E-state index in [0.29, 0.717) is 11.8 Å². The van der Waals surface area contributed by atoms with Crippen molar-refractivity contribution in [2.45, 2.75) is 17.4 Å². The molecule has 3 rings (SSSR count). The summed E-state index contributed by atoms with van der Waals surface area (Å²) in [6, 6.07) is 9.71. The van der Waals surface area contributed by atoms with Gasteiger partial charge in [0, 0.05) is 37.0 Å². The summed E-state index contributed by atoms with van der Waals surface area (Å²) >= 11 is 0. The van der Waals surface area contributed by atoms with E-state index in [0.717, 1.165) is 11.1 Å². The minimum Gasteiger partial charge on any atom is -0.464 e. The molecule has 0 bridgehead atoms. The molecule has 1 aliphatic heterocycles. The van der Waals surface area contributed by atoms with Crippen LogP contribution in [0.5, 0.6) is 0 Å². The monoisotopic (exact) mass is 391 g/mol. The van der Waals surface area contributed by atoms with E-state index in [1.165, 1.54) is 6.07 Å². The van der Waals surface area contributed by atoms with Gasteiger partial charge in [-0.1, -0.05) is 24.3 Å². The zero-order valence-electron chi connectivity index (χ0n) is 15.1. The summed E-state index contributed by atoms with van der Waals surface area (Å²) in [4.78, 5) is 25.4. The maximum Gasteiger partial charge on any atom is 0.328 e. The van der Waals surface area contributed by atoms with Gasteiger partial charge in [-0.25, -0.2) is 17.9 Å². The summed E-state index contributed by atoms with van der Waals surface area (Å²) in [6.07, 6.45) is 0.383. The molecule has 1 fully saturated rings. The lowest BCUT2D eigenvalue weighted by Gasteiger charge is -2.17. The summed E-state index contributed by atoms with van der Waals surface area (Å²) in [6.45, 7) is -0.213. The van der Waals surface area contributed by atoms with Crippen LogP contribution < -0.4 is 14.9 Å². The second kappa shape index (κ2) is 7.53. The van der Waals surface area contributed by atoms with Crippen molar-refractivity contribution >= 4 is 38.4 Å². The number of carbonyl (C=O) groups is 2. The van der Waals surface area contributed by atoms with Gasteiger partial charge in [0.25, 0.3) is 0 Å². The Labute approximate surface area is 157 Å². The predicted octanol–water partition coefficient (Wildman–Crippen LogP) is 0.616. The third-order valence-corrected chi connectivity index (χ3v) is 5.78. The first-order valence-corrected chi connectivity index (χ1v) is 9.92. The third kappa shape index (κ3) is 4.04. The molecule has 1 amide bonds. The molecule has 0 aromatic heterocycles. The van der Waals surface area contributed by atoms with Gasteiger partial charge in [0.1, 0.15) is 6.04 Å². The first kappa shape index (κ1) is 19.1. The Kier molecular flexibility index (Phi) is 5.33. The highest BCUT2D eigenvalue weighted by Gasteiger charge is 2.28. The van der Waals surface area contributed by atoms with E-state index in [2.05, 4.69) is 10.0 Å². The number of amides is 1. The average Bonchev–Trinajstić information content (AvgIpc) is 3.03. The van der Waals surface area contributed by atoms with E-state index in [1.807, 2.05) is 31.1 Å². The Morgan fingerprint density at radius 1 is 1.19 bits per heavy atom. The van der Waals surface area contributed by atoms with E-state index >= 15 is 0 Å². The summed E-state index contributed by atoms with van der Waals surface area (Å²) in [5.74, 6) is -1.09. The summed E-state index contributed by atoms with van der Waals surface area (Å²) in [7, 11) is -0.154. The molecule has 1 heterocycles. The number of benzene rings is 2. The molecule has 0 unspecified atom stereocenters.